The molecule has 1 amide bonds. The molecule has 1 heterocycles. The molecule has 1 aliphatic rings. The highest BCUT2D eigenvalue weighted by atomic mass is 16.5. The molecule has 0 unspecified atom stereocenters. The summed E-state index contributed by atoms with van der Waals surface area (Å²) in [4.78, 5) is 37.9. The maximum atomic E-state index is 12.5. The predicted octanol–water partition coefficient (Wildman–Crippen LogP) is 2.75. The fraction of sp³-hybridized carbons (Fsp3) is 0.250. The number of nitrogens with one attached hydrogen (secondary N) is 1. The number of rotatable bonds is 6. The van der Waals surface area contributed by atoms with Gasteiger partial charge in [0, 0.05) is 18.0 Å². The van der Waals surface area contributed by atoms with Crippen LogP contribution in [0.5, 0.6) is 5.75 Å². The van der Waals surface area contributed by atoms with Gasteiger partial charge in [0.1, 0.15) is 11.4 Å². The van der Waals surface area contributed by atoms with Crippen molar-refractivity contribution in [2.75, 3.05) is 38.2 Å². The number of anilines is 2. The Balaban J connectivity index is 2.53. The van der Waals surface area contributed by atoms with E-state index in [4.69, 9.17) is 18.9 Å². The molecule has 0 atom stereocenters. The van der Waals surface area contributed by atoms with Gasteiger partial charge in [0.2, 0.25) is 0 Å². The smallest absolute Gasteiger partial charge is 0.411 e. The number of ether oxygens (including phenoxy) is 4. The van der Waals surface area contributed by atoms with Crippen LogP contribution in [0.1, 0.15) is 6.92 Å². The minimum Gasteiger partial charge on any atom is -0.494 e. The molecule has 9 heteroatoms. The summed E-state index contributed by atoms with van der Waals surface area (Å²) >= 11 is 0. The number of allylic oxidation sites excluding steroid dienone is 2. The van der Waals surface area contributed by atoms with Crippen molar-refractivity contribution in [1.29, 1.82) is 0 Å². The van der Waals surface area contributed by atoms with Crippen LogP contribution in [0, 0.1) is 0 Å². The minimum atomic E-state index is -0.728. The van der Waals surface area contributed by atoms with E-state index in [1.807, 2.05) is 0 Å². The standard InChI is InChI=1S/C20H22N2O7/c1-5-29-20(25)21-15-10-9-13(12-16(15)26-2)22-11-7-6-8-14(18(23)27-3)17(22)19(24)28-4/h6-12H,5H2,1-4H3,(H,21,25). The number of benzene rings is 1. The third-order valence-electron chi connectivity index (χ3n) is 3.86. The van der Waals surface area contributed by atoms with Gasteiger partial charge in [-0.1, -0.05) is 6.08 Å². The van der Waals surface area contributed by atoms with Gasteiger partial charge in [0.15, 0.2) is 0 Å². The summed E-state index contributed by atoms with van der Waals surface area (Å²) in [7, 11) is 3.87. The summed E-state index contributed by atoms with van der Waals surface area (Å²) in [6.07, 6.45) is 5.67. The number of hydrogen-bond donors (Lipinski definition) is 1. The molecule has 0 saturated carbocycles. The lowest BCUT2D eigenvalue weighted by atomic mass is 10.1. The zero-order valence-electron chi connectivity index (χ0n) is 16.6. The average Bonchev–Trinajstić information content (AvgIpc) is 2.96. The summed E-state index contributed by atoms with van der Waals surface area (Å²) in [6.45, 7) is 1.92. The zero-order chi connectivity index (χ0) is 21.4. The van der Waals surface area contributed by atoms with Crippen molar-refractivity contribution in [1.82, 2.24) is 0 Å². The molecular formula is C20H22N2O7. The lowest BCUT2D eigenvalue weighted by Crippen LogP contribution is -2.27. The Kier molecular flexibility index (Phi) is 7.41. The topological polar surface area (TPSA) is 103 Å². The van der Waals surface area contributed by atoms with Gasteiger partial charge in [-0.05, 0) is 31.2 Å². The number of methoxy groups -OCH3 is 3. The van der Waals surface area contributed by atoms with Crippen LogP contribution in [0.25, 0.3) is 0 Å². The van der Waals surface area contributed by atoms with E-state index in [0.29, 0.717) is 17.1 Å². The van der Waals surface area contributed by atoms with E-state index >= 15 is 0 Å². The molecule has 0 fully saturated rings. The first-order valence-electron chi connectivity index (χ1n) is 8.63. The Bertz CT molecular complexity index is 887. The molecule has 9 nitrogen and oxygen atoms in total. The number of carbonyl (C=O) groups is 3. The molecule has 1 aromatic carbocycles. The molecule has 0 radical (unpaired) electrons. The second kappa shape index (κ2) is 9.98. The van der Waals surface area contributed by atoms with Crippen molar-refractivity contribution in [2.45, 2.75) is 6.92 Å². The second-order valence-corrected chi connectivity index (χ2v) is 5.55. The summed E-state index contributed by atoms with van der Waals surface area (Å²) < 4.78 is 19.9. The van der Waals surface area contributed by atoms with E-state index in [1.54, 1.807) is 43.5 Å². The van der Waals surface area contributed by atoms with Crippen LogP contribution in [0.3, 0.4) is 0 Å². The number of nitrogens with zero attached hydrogens (tertiary/aromatic N) is 1. The maximum absolute atomic E-state index is 12.5. The number of amides is 1. The van der Waals surface area contributed by atoms with Crippen LogP contribution < -0.4 is 15.0 Å². The fourth-order valence-electron chi connectivity index (χ4n) is 2.58. The van der Waals surface area contributed by atoms with Crippen LogP contribution in [0.4, 0.5) is 16.2 Å². The second-order valence-electron chi connectivity index (χ2n) is 5.55. The van der Waals surface area contributed by atoms with E-state index in [-0.39, 0.29) is 17.9 Å². The van der Waals surface area contributed by atoms with Gasteiger partial charge < -0.3 is 23.8 Å². The maximum Gasteiger partial charge on any atom is 0.411 e. The first kappa shape index (κ1) is 21.5. The van der Waals surface area contributed by atoms with Gasteiger partial charge in [0.05, 0.1) is 39.2 Å². The molecule has 1 aliphatic heterocycles. The molecule has 1 aromatic rings. The molecule has 0 aromatic heterocycles. The van der Waals surface area contributed by atoms with Crippen molar-refractivity contribution < 1.29 is 33.3 Å². The monoisotopic (exact) mass is 402 g/mol. The third-order valence-corrected chi connectivity index (χ3v) is 3.86. The van der Waals surface area contributed by atoms with Gasteiger partial charge in [-0.3, -0.25) is 5.32 Å². The third kappa shape index (κ3) is 4.95. The quantitative estimate of drug-likeness (QED) is 0.572. The molecule has 0 saturated heterocycles. The highest BCUT2D eigenvalue weighted by Gasteiger charge is 2.28. The molecule has 29 heavy (non-hydrogen) atoms. The van der Waals surface area contributed by atoms with Crippen LogP contribution in [0.2, 0.25) is 0 Å². The molecule has 2 rings (SSSR count). The summed E-state index contributed by atoms with van der Waals surface area (Å²) in [6, 6.07) is 4.82. The van der Waals surface area contributed by atoms with Crippen molar-refractivity contribution >= 4 is 29.4 Å². The Morgan fingerprint density at radius 1 is 1.03 bits per heavy atom. The Labute approximate surface area is 168 Å². The van der Waals surface area contributed by atoms with Crippen LogP contribution >= 0.6 is 0 Å². The van der Waals surface area contributed by atoms with Crippen LogP contribution in [-0.2, 0) is 23.8 Å². The minimum absolute atomic E-state index is 0.0250. The normalized spacial score (nSPS) is 12.9. The Morgan fingerprint density at radius 2 is 1.76 bits per heavy atom. The lowest BCUT2D eigenvalue weighted by Gasteiger charge is -2.24. The van der Waals surface area contributed by atoms with E-state index < -0.39 is 18.0 Å². The van der Waals surface area contributed by atoms with Gasteiger partial charge in [-0.25, -0.2) is 14.4 Å². The lowest BCUT2D eigenvalue weighted by molar-refractivity contribution is -0.139. The summed E-state index contributed by atoms with van der Waals surface area (Å²) in [5, 5.41) is 2.57. The number of carbonyl (C=O) groups excluding carboxylic acids is 3. The fourth-order valence-corrected chi connectivity index (χ4v) is 2.58. The van der Waals surface area contributed by atoms with Crippen molar-refractivity contribution in [3.63, 3.8) is 0 Å². The molecule has 1 N–H and O–H groups in total. The zero-order valence-corrected chi connectivity index (χ0v) is 16.6. The van der Waals surface area contributed by atoms with Crippen LogP contribution in [0.15, 0.2) is 53.9 Å². The predicted molar refractivity (Wildman–Crippen MR) is 105 cm³/mol. The molecular weight excluding hydrogens is 380 g/mol. The van der Waals surface area contributed by atoms with E-state index in [1.165, 1.54) is 32.3 Å². The van der Waals surface area contributed by atoms with Crippen LogP contribution in [-0.4, -0.2) is 46.0 Å². The highest BCUT2D eigenvalue weighted by molar-refractivity contribution is 6.05. The van der Waals surface area contributed by atoms with Crippen molar-refractivity contribution in [2.24, 2.45) is 0 Å². The summed E-state index contributed by atoms with van der Waals surface area (Å²) in [5.41, 5.74) is 0.857. The van der Waals surface area contributed by atoms with Gasteiger partial charge in [0.25, 0.3) is 0 Å². The SMILES string of the molecule is CCOC(=O)Nc1ccc(N2C=CC=CC(C(=O)OC)=C2C(=O)OC)cc1OC. The van der Waals surface area contributed by atoms with Crippen molar-refractivity contribution in [3.8, 4) is 5.75 Å². The van der Waals surface area contributed by atoms with Crippen molar-refractivity contribution in [3.05, 3.63) is 53.9 Å². The van der Waals surface area contributed by atoms with E-state index in [2.05, 4.69) is 5.32 Å². The number of esters is 2. The first-order chi connectivity index (χ1) is 14.0. The van der Waals surface area contributed by atoms with Gasteiger partial charge in [-0.15, -0.1) is 0 Å². The highest BCUT2D eigenvalue weighted by Crippen LogP contribution is 2.33. The largest absolute Gasteiger partial charge is 0.494 e. The van der Waals surface area contributed by atoms with Gasteiger partial charge in [-0.2, -0.15) is 0 Å². The molecule has 0 aliphatic carbocycles. The van der Waals surface area contributed by atoms with E-state index in [9.17, 15) is 14.4 Å². The first-order valence-corrected chi connectivity index (χ1v) is 8.63. The van der Waals surface area contributed by atoms with E-state index in [0.717, 1.165) is 0 Å². The Morgan fingerprint density at radius 3 is 2.38 bits per heavy atom. The number of hydrogen-bond acceptors (Lipinski definition) is 8. The molecule has 0 spiro atoms. The average molecular weight is 402 g/mol. The molecule has 0 bridgehead atoms. The molecule has 154 valence electrons. The van der Waals surface area contributed by atoms with Gasteiger partial charge >= 0.3 is 18.0 Å². The Hall–Kier alpha value is -3.75. The summed E-state index contributed by atoms with van der Waals surface area (Å²) in [5.74, 6) is -1.10.